The summed E-state index contributed by atoms with van der Waals surface area (Å²) in [5.74, 6) is -3.18. The first-order valence-corrected chi connectivity index (χ1v) is 12.4. The highest BCUT2D eigenvalue weighted by Crippen LogP contribution is 2.14. The Bertz CT molecular complexity index is 1580. The third-order valence-electron chi connectivity index (χ3n) is 5.85. The molecule has 0 saturated heterocycles. The van der Waals surface area contributed by atoms with Gasteiger partial charge in [0.05, 0.1) is 41.7 Å². The molecule has 6 N–H and O–H groups in total. The number of fused-ring (bicyclic) bond motifs is 1. The number of carbonyl (C=O) groups is 4. The Balaban J connectivity index is 1.26. The zero-order valence-electron chi connectivity index (χ0n) is 21.5. The van der Waals surface area contributed by atoms with E-state index in [0.29, 0.717) is 16.0 Å². The minimum atomic E-state index is -1.68. The molecule has 0 fully saturated rings. The number of hydrogen-bond donors (Lipinski definition) is 6. The number of nitrogens with one attached hydrogen (secondary N) is 5. The first-order chi connectivity index (χ1) is 19.7. The van der Waals surface area contributed by atoms with Gasteiger partial charge in [-0.3, -0.25) is 14.2 Å². The van der Waals surface area contributed by atoms with Gasteiger partial charge < -0.3 is 45.7 Å². The van der Waals surface area contributed by atoms with Crippen LogP contribution in [0, 0.1) is 0 Å². The average Bonchev–Trinajstić information content (AvgIpc) is 3.49. The number of H-pyrrole nitrogens is 2. The van der Waals surface area contributed by atoms with Crippen molar-refractivity contribution in [3.8, 4) is 5.88 Å². The lowest BCUT2D eigenvalue weighted by Crippen LogP contribution is -2.54. The molecule has 2 aromatic carbocycles. The number of aromatic nitrogens is 4. The topological polar surface area (TPSA) is 223 Å². The Morgan fingerprint density at radius 2 is 1.73 bits per heavy atom. The fraction of sp³-hybridized carbons (Fsp3) is 0.231. The van der Waals surface area contributed by atoms with E-state index in [2.05, 4.69) is 30.9 Å². The van der Waals surface area contributed by atoms with Crippen LogP contribution >= 0.6 is 0 Å². The van der Waals surface area contributed by atoms with Crippen molar-refractivity contribution in [3.05, 3.63) is 82.2 Å². The van der Waals surface area contributed by atoms with E-state index in [1.807, 2.05) is 24.3 Å². The van der Waals surface area contributed by atoms with Crippen molar-refractivity contribution in [1.29, 1.82) is 0 Å². The molecule has 4 rings (SSSR count). The molecule has 2 aromatic heterocycles. The number of alkyl carbamates (subject to hydrolysis) is 1. The predicted octanol–water partition coefficient (Wildman–Crippen LogP) is -1.22. The van der Waals surface area contributed by atoms with Crippen molar-refractivity contribution in [1.82, 2.24) is 35.5 Å². The standard InChI is InChI=1S/C26H27N7O8/c34-21(28-12-20-29-16-8-4-5-9-17(16)30-20)10-18-23(36)33(25(39)31-18)13-22(35)27-11-19(24(37)38)32-26(40)41-14-15-6-2-1-3-7-15/h1-9,19,36H,10-14H2,(H,27,35)(H,28,34)(H,29,30)(H,31,39)(H,32,40)(H,37,38)/p-1. The molecular weight excluding hydrogens is 538 g/mol. The minimum absolute atomic E-state index is 0.0784. The Labute approximate surface area is 231 Å². The number of carboxylic acid groups (broad SMARTS) is 1. The van der Waals surface area contributed by atoms with Crippen LogP contribution in [0.4, 0.5) is 4.79 Å². The van der Waals surface area contributed by atoms with Gasteiger partial charge in [-0.15, -0.1) is 0 Å². The zero-order chi connectivity index (χ0) is 29.4. The van der Waals surface area contributed by atoms with Gasteiger partial charge in [0, 0.05) is 6.54 Å². The molecule has 0 saturated carbocycles. The lowest BCUT2D eigenvalue weighted by atomic mass is 10.2. The molecule has 0 aliphatic carbocycles. The summed E-state index contributed by atoms with van der Waals surface area (Å²) in [6, 6.07) is 14.4. The first kappa shape index (κ1) is 28.4. The molecule has 0 spiro atoms. The number of carbonyl (C=O) groups excluding carboxylic acids is 4. The third kappa shape index (κ3) is 7.72. The fourth-order valence-electron chi connectivity index (χ4n) is 3.79. The number of carboxylic acids is 1. The Morgan fingerprint density at radius 1 is 1.00 bits per heavy atom. The van der Waals surface area contributed by atoms with Crippen LogP contribution in [0.3, 0.4) is 0 Å². The van der Waals surface area contributed by atoms with E-state index < -0.39 is 61.0 Å². The highest BCUT2D eigenvalue weighted by Gasteiger charge is 2.20. The smallest absolute Gasteiger partial charge is 0.408 e. The van der Waals surface area contributed by atoms with Gasteiger partial charge in [0.25, 0.3) is 0 Å². The van der Waals surface area contributed by atoms with Gasteiger partial charge in [-0.2, -0.15) is 0 Å². The maximum Gasteiger partial charge on any atom is 0.408 e. The number of para-hydroxylation sites is 2. The summed E-state index contributed by atoms with van der Waals surface area (Å²) >= 11 is 0. The van der Waals surface area contributed by atoms with Crippen molar-refractivity contribution < 1.29 is 34.1 Å². The molecule has 0 aliphatic rings. The molecule has 2 heterocycles. The number of nitrogens with zero attached hydrogens (tertiary/aromatic N) is 2. The van der Waals surface area contributed by atoms with Crippen molar-refractivity contribution in [3.63, 3.8) is 0 Å². The van der Waals surface area contributed by atoms with Gasteiger partial charge in [-0.1, -0.05) is 42.5 Å². The molecule has 3 amide bonds. The molecular formula is C26H26N7O8-. The van der Waals surface area contributed by atoms with Gasteiger partial charge in [-0.05, 0) is 17.7 Å². The molecule has 15 heteroatoms. The maximum absolute atomic E-state index is 12.4. The van der Waals surface area contributed by atoms with Crippen molar-refractivity contribution in [2.24, 2.45) is 0 Å². The molecule has 4 aromatic rings. The summed E-state index contributed by atoms with van der Waals surface area (Å²) in [5, 5.41) is 28.7. The van der Waals surface area contributed by atoms with Gasteiger partial charge in [-0.25, -0.2) is 14.6 Å². The minimum Gasteiger partial charge on any atom is -0.548 e. The van der Waals surface area contributed by atoms with Crippen LogP contribution in [0.25, 0.3) is 11.0 Å². The molecule has 0 bridgehead atoms. The number of benzene rings is 2. The number of imidazole rings is 2. The van der Waals surface area contributed by atoms with Crippen LogP contribution in [0.1, 0.15) is 17.1 Å². The van der Waals surface area contributed by atoms with E-state index in [0.717, 1.165) is 11.0 Å². The molecule has 214 valence electrons. The molecule has 41 heavy (non-hydrogen) atoms. The third-order valence-corrected chi connectivity index (χ3v) is 5.85. The van der Waals surface area contributed by atoms with E-state index in [1.165, 1.54) is 0 Å². The largest absolute Gasteiger partial charge is 0.548 e. The number of rotatable bonds is 12. The van der Waals surface area contributed by atoms with E-state index in [9.17, 15) is 34.2 Å². The van der Waals surface area contributed by atoms with Crippen LogP contribution in [-0.4, -0.2) is 61.1 Å². The summed E-state index contributed by atoms with van der Waals surface area (Å²) in [5.41, 5.74) is 1.23. The molecule has 0 radical (unpaired) electrons. The van der Waals surface area contributed by atoms with Gasteiger partial charge in [0.1, 0.15) is 19.0 Å². The molecule has 0 aliphatic heterocycles. The second-order valence-electron chi connectivity index (χ2n) is 8.85. The lowest BCUT2D eigenvalue weighted by molar-refractivity contribution is -0.308. The van der Waals surface area contributed by atoms with Gasteiger partial charge in [0.15, 0.2) is 0 Å². The summed E-state index contributed by atoms with van der Waals surface area (Å²) in [7, 11) is 0. The monoisotopic (exact) mass is 564 g/mol. The lowest BCUT2D eigenvalue weighted by Gasteiger charge is -2.20. The summed E-state index contributed by atoms with van der Waals surface area (Å²) in [6.07, 6.45) is -1.43. The van der Waals surface area contributed by atoms with Crippen molar-refractivity contribution in [2.75, 3.05) is 6.54 Å². The average molecular weight is 565 g/mol. The van der Waals surface area contributed by atoms with Crippen LogP contribution in [0.2, 0.25) is 0 Å². The van der Waals surface area contributed by atoms with Crippen LogP contribution in [-0.2, 0) is 45.2 Å². The van der Waals surface area contributed by atoms with E-state index in [4.69, 9.17) is 4.74 Å². The van der Waals surface area contributed by atoms with E-state index in [-0.39, 0.29) is 18.8 Å². The highest BCUT2D eigenvalue weighted by molar-refractivity contribution is 5.81. The Kier molecular flexibility index (Phi) is 8.99. The van der Waals surface area contributed by atoms with Crippen LogP contribution in [0.5, 0.6) is 5.88 Å². The SMILES string of the molecule is O=C(Cc1[nH]c(=O)n(CC(=O)NCC(NC(=O)OCc2ccccc2)C(=O)[O-])c1O)NCc1nc2ccccc2[nH]1. The second kappa shape index (κ2) is 13.0. The number of ether oxygens (including phenoxy) is 1. The van der Waals surface area contributed by atoms with Gasteiger partial charge in [0.2, 0.25) is 17.7 Å². The maximum atomic E-state index is 12.4. The molecule has 1 atom stereocenters. The summed E-state index contributed by atoms with van der Waals surface area (Å²) < 4.78 is 5.63. The number of amides is 3. The van der Waals surface area contributed by atoms with Gasteiger partial charge >= 0.3 is 11.8 Å². The number of aliphatic carboxylic acids is 1. The predicted molar refractivity (Wildman–Crippen MR) is 140 cm³/mol. The molecule has 15 nitrogen and oxygen atoms in total. The molecule has 1 unspecified atom stereocenters. The van der Waals surface area contributed by atoms with Crippen molar-refractivity contribution >= 4 is 34.9 Å². The Morgan fingerprint density at radius 3 is 2.46 bits per heavy atom. The highest BCUT2D eigenvalue weighted by atomic mass is 16.5. The quantitative estimate of drug-likeness (QED) is 0.121. The normalized spacial score (nSPS) is 11.5. The van der Waals surface area contributed by atoms with Crippen molar-refractivity contribution in [2.45, 2.75) is 32.2 Å². The Hall–Kier alpha value is -5.60. The first-order valence-electron chi connectivity index (χ1n) is 12.4. The second-order valence-corrected chi connectivity index (χ2v) is 8.85. The fourth-order valence-corrected chi connectivity index (χ4v) is 3.79. The number of hydrogen-bond acceptors (Lipinski definition) is 9. The summed E-state index contributed by atoms with van der Waals surface area (Å²) in [4.78, 5) is 70.1. The number of aromatic hydroxyl groups is 1. The summed E-state index contributed by atoms with van der Waals surface area (Å²) in [6.45, 7) is -1.30. The number of aromatic amines is 2. The van der Waals surface area contributed by atoms with Crippen LogP contribution < -0.4 is 26.7 Å². The van der Waals surface area contributed by atoms with E-state index in [1.54, 1.807) is 30.3 Å². The van der Waals surface area contributed by atoms with Crippen LogP contribution in [0.15, 0.2) is 59.4 Å². The zero-order valence-corrected chi connectivity index (χ0v) is 21.5. The van der Waals surface area contributed by atoms with E-state index >= 15 is 0 Å².